The molecule has 0 aliphatic carbocycles. The Labute approximate surface area is 97.9 Å². The van der Waals surface area contributed by atoms with Crippen molar-refractivity contribution in [3.8, 4) is 0 Å². The van der Waals surface area contributed by atoms with E-state index in [2.05, 4.69) is 5.10 Å². The van der Waals surface area contributed by atoms with Gasteiger partial charge in [0.15, 0.2) is 0 Å². The molecule has 1 aromatic heterocycles. The van der Waals surface area contributed by atoms with Crippen LogP contribution in [0.25, 0.3) is 0 Å². The highest BCUT2D eigenvalue weighted by atomic mass is 19.1. The second-order valence-electron chi connectivity index (χ2n) is 3.75. The molecule has 88 valence electrons. The molecule has 0 aliphatic heterocycles. The lowest BCUT2D eigenvalue weighted by molar-refractivity contribution is -0.117. The molecule has 5 heteroatoms. The summed E-state index contributed by atoms with van der Waals surface area (Å²) in [5.41, 5.74) is 6.81. The van der Waals surface area contributed by atoms with Crippen molar-refractivity contribution in [3.63, 3.8) is 0 Å². The first-order valence-electron chi connectivity index (χ1n) is 5.18. The number of amides is 1. The van der Waals surface area contributed by atoms with E-state index in [0.29, 0.717) is 6.54 Å². The Morgan fingerprint density at radius 3 is 2.65 bits per heavy atom. The first-order chi connectivity index (χ1) is 8.15. The number of hydrogen-bond donors (Lipinski definition) is 1. The van der Waals surface area contributed by atoms with Crippen LogP contribution >= 0.6 is 0 Å². The van der Waals surface area contributed by atoms with Crippen LogP contribution in [-0.4, -0.2) is 15.7 Å². The lowest BCUT2D eigenvalue weighted by Crippen LogP contribution is -2.17. The van der Waals surface area contributed by atoms with Crippen LogP contribution < -0.4 is 5.73 Å². The van der Waals surface area contributed by atoms with Crippen molar-refractivity contribution >= 4 is 5.91 Å². The molecule has 17 heavy (non-hydrogen) atoms. The van der Waals surface area contributed by atoms with Gasteiger partial charge in [-0.3, -0.25) is 9.48 Å². The smallest absolute Gasteiger partial charge is 0.223 e. The van der Waals surface area contributed by atoms with Gasteiger partial charge in [0, 0.05) is 11.9 Å². The maximum absolute atomic E-state index is 12.7. The predicted octanol–water partition coefficient (Wildman–Crippen LogP) is 1.10. The van der Waals surface area contributed by atoms with Crippen molar-refractivity contribution in [1.29, 1.82) is 0 Å². The lowest BCUT2D eigenvalue weighted by atomic mass is 10.2. The average molecular weight is 233 g/mol. The van der Waals surface area contributed by atoms with Crippen LogP contribution in [0.1, 0.15) is 11.3 Å². The Kier molecular flexibility index (Phi) is 3.18. The van der Waals surface area contributed by atoms with Crippen molar-refractivity contribution < 1.29 is 9.18 Å². The summed E-state index contributed by atoms with van der Waals surface area (Å²) in [4.78, 5) is 10.8. The van der Waals surface area contributed by atoms with Gasteiger partial charge < -0.3 is 5.73 Å². The van der Waals surface area contributed by atoms with Crippen LogP contribution in [0.2, 0.25) is 0 Å². The second-order valence-corrected chi connectivity index (χ2v) is 3.75. The molecular formula is C12H12FN3O. The Bertz CT molecular complexity index is 519. The number of hydrogen-bond acceptors (Lipinski definition) is 2. The number of aromatic nitrogens is 2. The molecule has 1 heterocycles. The molecule has 0 saturated carbocycles. The molecule has 4 nitrogen and oxygen atoms in total. The van der Waals surface area contributed by atoms with E-state index in [9.17, 15) is 9.18 Å². The van der Waals surface area contributed by atoms with Crippen molar-refractivity contribution in [2.75, 3.05) is 0 Å². The zero-order valence-corrected chi connectivity index (χ0v) is 9.14. The number of halogens is 1. The van der Waals surface area contributed by atoms with E-state index in [1.807, 2.05) is 0 Å². The number of rotatable bonds is 4. The highest BCUT2D eigenvalue weighted by molar-refractivity contribution is 5.76. The van der Waals surface area contributed by atoms with E-state index in [1.54, 1.807) is 29.1 Å². The van der Waals surface area contributed by atoms with Gasteiger partial charge in [0.05, 0.1) is 13.0 Å². The van der Waals surface area contributed by atoms with E-state index in [0.717, 1.165) is 11.3 Å². The van der Waals surface area contributed by atoms with Gasteiger partial charge >= 0.3 is 0 Å². The molecule has 0 bridgehead atoms. The van der Waals surface area contributed by atoms with Gasteiger partial charge in [-0.2, -0.15) is 5.10 Å². The fourth-order valence-corrected chi connectivity index (χ4v) is 1.59. The monoisotopic (exact) mass is 233 g/mol. The van der Waals surface area contributed by atoms with E-state index >= 15 is 0 Å². The van der Waals surface area contributed by atoms with E-state index in [-0.39, 0.29) is 12.2 Å². The first-order valence-corrected chi connectivity index (χ1v) is 5.18. The summed E-state index contributed by atoms with van der Waals surface area (Å²) in [5.74, 6) is -0.669. The van der Waals surface area contributed by atoms with Crippen LogP contribution in [-0.2, 0) is 17.8 Å². The van der Waals surface area contributed by atoms with Crippen LogP contribution in [0.5, 0.6) is 0 Å². The average Bonchev–Trinajstić information content (AvgIpc) is 2.68. The molecular weight excluding hydrogens is 221 g/mol. The summed E-state index contributed by atoms with van der Waals surface area (Å²) in [6, 6.07) is 7.91. The molecule has 2 aromatic rings. The molecule has 0 radical (unpaired) electrons. The molecule has 0 spiro atoms. The van der Waals surface area contributed by atoms with Gasteiger partial charge in [0.25, 0.3) is 0 Å². The van der Waals surface area contributed by atoms with Crippen LogP contribution in [0, 0.1) is 5.82 Å². The molecule has 2 N–H and O–H groups in total. The molecule has 1 amide bonds. The number of primary amides is 1. The minimum Gasteiger partial charge on any atom is -0.369 e. The SMILES string of the molecule is NC(=O)Cc1ccnn1Cc1ccc(F)cc1. The summed E-state index contributed by atoms with van der Waals surface area (Å²) in [6.45, 7) is 0.496. The third kappa shape index (κ3) is 2.90. The first kappa shape index (κ1) is 11.3. The van der Waals surface area contributed by atoms with Crippen molar-refractivity contribution in [1.82, 2.24) is 9.78 Å². The van der Waals surface area contributed by atoms with Gasteiger partial charge in [-0.05, 0) is 23.8 Å². The summed E-state index contributed by atoms with van der Waals surface area (Å²) in [6.07, 6.45) is 1.77. The van der Waals surface area contributed by atoms with Crippen molar-refractivity contribution in [2.24, 2.45) is 5.73 Å². The minimum absolute atomic E-state index is 0.154. The van der Waals surface area contributed by atoms with Gasteiger partial charge in [-0.1, -0.05) is 12.1 Å². The van der Waals surface area contributed by atoms with Crippen LogP contribution in [0.4, 0.5) is 4.39 Å². The lowest BCUT2D eigenvalue weighted by Gasteiger charge is -2.06. The van der Waals surface area contributed by atoms with E-state index in [1.165, 1.54) is 12.1 Å². The third-order valence-electron chi connectivity index (χ3n) is 2.41. The minimum atomic E-state index is -0.397. The molecule has 0 fully saturated rings. The van der Waals surface area contributed by atoms with E-state index in [4.69, 9.17) is 5.73 Å². The molecule has 0 aliphatic rings. The number of nitrogens with two attached hydrogens (primary N) is 1. The summed E-state index contributed by atoms with van der Waals surface area (Å²) in [7, 11) is 0. The van der Waals surface area contributed by atoms with Gasteiger partial charge in [-0.25, -0.2) is 4.39 Å². The van der Waals surface area contributed by atoms with Crippen molar-refractivity contribution in [2.45, 2.75) is 13.0 Å². The van der Waals surface area contributed by atoms with Gasteiger partial charge in [0.1, 0.15) is 5.82 Å². The molecule has 0 unspecified atom stereocenters. The largest absolute Gasteiger partial charge is 0.369 e. The maximum atomic E-state index is 12.7. The fourth-order valence-electron chi connectivity index (χ4n) is 1.59. The standard InChI is InChI=1S/C12H12FN3O/c13-10-3-1-9(2-4-10)8-16-11(5-6-15-16)7-12(14)17/h1-6H,7-8H2,(H2,14,17). The Morgan fingerprint density at radius 1 is 1.29 bits per heavy atom. The zero-order valence-electron chi connectivity index (χ0n) is 9.14. The normalized spacial score (nSPS) is 10.4. The van der Waals surface area contributed by atoms with E-state index < -0.39 is 5.91 Å². The van der Waals surface area contributed by atoms with Gasteiger partial charge in [-0.15, -0.1) is 0 Å². The van der Waals surface area contributed by atoms with Crippen molar-refractivity contribution in [3.05, 3.63) is 53.6 Å². The molecule has 0 saturated heterocycles. The second kappa shape index (κ2) is 4.78. The predicted molar refractivity (Wildman–Crippen MR) is 60.6 cm³/mol. The number of carbonyl (C=O) groups excluding carboxylic acids is 1. The number of benzene rings is 1. The topological polar surface area (TPSA) is 60.9 Å². The molecule has 1 aromatic carbocycles. The highest BCUT2D eigenvalue weighted by Gasteiger charge is 2.06. The summed E-state index contributed by atoms with van der Waals surface area (Å²) >= 11 is 0. The molecule has 0 atom stereocenters. The molecule has 2 rings (SSSR count). The number of nitrogens with zero attached hydrogens (tertiary/aromatic N) is 2. The fraction of sp³-hybridized carbons (Fsp3) is 0.167. The van der Waals surface area contributed by atoms with Gasteiger partial charge in [0.2, 0.25) is 5.91 Å². The van der Waals surface area contributed by atoms with Crippen LogP contribution in [0.15, 0.2) is 36.5 Å². The Hall–Kier alpha value is -2.17. The zero-order chi connectivity index (χ0) is 12.3. The number of carbonyl (C=O) groups is 1. The summed E-state index contributed by atoms with van der Waals surface area (Å²) in [5, 5.41) is 4.10. The third-order valence-corrected chi connectivity index (χ3v) is 2.41. The Balaban J connectivity index is 2.15. The summed E-state index contributed by atoms with van der Waals surface area (Å²) < 4.78 is 14.4. The van der Waals surface area contributed by atoms with Crippen LogP contribution in [0.3, 0.4) is 0 Å². The quantitative estimate of drug-likeness (QED) is 0.859. The Morgan fingerprint density at radius 2 is 2.00 bits per heavy atom. The maximum Gasteiger partial charge on any atom is 0.223 e. The highest BCUT2D eigenvalue weighted by Crippen LogP contribution is 2.07.